The van der Waals surface area contributed by atoms with Crippen molar-refractivity contribution in [3.8, 4) is 11.4 Å². The summed E-state index contributed by atoms with van der Waals surface area (Å²) in [6, 6.07) is 10.5. The molecule has 30 heavy (non-hydrogen) atoms. The Morgan fingerprint density at radius 1 is 1.07 bits per heavy atom. The second kappa shape index (κ2) is 8.16. The molecule has 2 aromatic heterocycles. The lowest BCUT2D eigenvalue weighted by atomic mass is 10.0. The Morgan fingerprint density at radius 2 is 1.77 bits per heavy atom. The van der Waals surface area contributed by atoms with Crippen LogP contribution in [0.1, 0.15) is 44.1 Å². The Morgan fingerprint density at radius 3 is 2.43 bits per heavy atom. The molecule has 0 saturated carbocycles. The van der Waals surface area contributed by atoms with Crippen LogP contribution in [0.15, 0.2) is 56.8 Å². The van der Waals surface area contributed by atoms with Gasteiger partial charge in [-0.05, 0) is 30.4 Å². The summed E-state index contributed by atoms with van der Waals surface area (Å²) in [5.41, 5.74) is 1.69. The number of aromatic nitrogens is 3. The van der Waals surface area contributed by atoms with Gasteiger partial charge in [-0.3, -0.25) is 4.79 Å². The molecular formula is C21H24N4O4S. The highest BCUT2D eigenvalue weighted by atomic mass is 32.2. The van der Waals surface area contributed by atoms with Gasteiger partial charge in [0.2, 0.25) is 21.7 Å². The Balaban J connectivity index is 1.57. The van der Waals surface area contributed by atoms with Gasteiger partial charge >= 0.3 is 0 Å². The summed E-state index contributed by atoms with van der Waals surface area (Å²) in [7, 11) is -3.61. The molecule has 0 unspecified atom stereocenters. The lowest BCUT2D eigenvalue weighted by molar-refractivity contribution is 0.369. The van der Waals surface area contributed by atoms with Gasteiger partial charge < -0.3 is 9.09 Å². The van der Waals surface area contributed by atoms with Crippen LogP contribution in [0.4, 0.5) is 0 Å². The fraction of sp³-hybridized carbons (Fsp3) is 0.381. The van der Waals surface area contributed by atoms with Crippen LogP contribution >= 0.6 is 0 Å². The van der Waals surface area contributed by atoms with Crippen LogP contribution in [0.25, 0.3) is 11.4 Å². The highest BCUT2D eigenvalue weighted by Crippen LogP contribution is 2.22. The molecule has 0 amide bonds. The van der Waals surface area contributed by atoms with Gasteiger partial charge in [-0.15, -0.1) is 0 Å². The van der Waals surface area contributed by atoms with E-state index in [-0.39, 0.29) is 22.9 Å². The lowest BCUT2D eigenvalue weighted by Crippen LogP contribution is -2.29. The second-order valence-corrected chi connectivity index (χ2v) is 9.67. The molecule has 3 heterocycles. The molecule has 1 aliphatic heterocycles. The van der Waals surface area contributed by atoms with Gasteiger partial charge in [0.25, 0.3) is 5.56 Å². The van der Waals surface area contributed by atoms with Crippen molar-refractivity contribution in [2.24, 2.45) is 0 Å². The summed E-state index contributed by atoms with van der Waals surface area (Å²) in [6.45, 7) is 5.25. The van der Waals surface area contributed by atoms with E-state index in [9.17, 15) is 13.2 Å². The molecule has 1 fully saturated rings. The minimum absolute atomic E-state index is 0.000723. The Hall–Kier alpha value is -2.78. The van der Waals surface area contributed by atoms with Crippen LogP contribution in [0, 0.1) is 0 Å². The van der Waals surface area contributed by atoms with E-state index in [2.05, 4.69) is 24.0 Å². The Labute approximate surface area is 175 Å². The van der Waals surface area contributed by atoms with Gasteiger partial charge in [-0.1, -0.05) is 43.3 Å². The summed E-state index contributed by atoms with van der Waals surface area (Å²) >= 11 is 0. The maximum Gasteiger partial charge on any atom is 0.251 e. The quantitative estimate of drug-likeness (QED) is 0.599. The second-order valence-electron chi connectivity index (χ2n) is 7.73. The first-order valence-corrected chi connectivity index (χ1v) is 11.4. The highest BCUT2D eigenvalue weighted by Gasteiger charge is 2.27. The van der Waals surface area contributed by atoms with Gasteiger partial charge in [0.05, 0.1) is 4.90 Å². The van der Waals surface area contributed by atoms with Crippen LogP contribution in [-0.2, 0) is 16.6 Å². The number of pyridine rings is 1. The Kier molecular flexibility index (Phi) is 5.57. The molecule has 1 aromatic carbocycles. The van der Waals surface area contributed by atoms with Crippen molar-refractivity contribution < 1.29 is 12.9 Å². The van der Waals surface area contributed by atoms with Crippen molar-refractivity contribution in [1.29, 1.82) is 0 Å². The number of rotatable bonds is 6. The van der Waals surface area contributed by atoms with E-state index in [4.69, 9.17) is 4.52 Å². The van der Waals surface area contributed by atoms with Gasteiger partial charge in [-0.25, -0.2) is 8.42 Å². The van der Waals surface area contributed by atoms with E-state index in [0.29, 0.717) is 24.8 Å². The molecule has 1 saturated heterocycles. The van der Waals surface area contributed by atoms with E-state index in [0.717, 1.165) is 18.4 Å². The summed E-state index contributed by atoms with van der Waals surface area (Å²) in [6.07, 6.45) is 3.04. The van der Waals surface area contributed by atoms with E-state index >= 15 is 0 Å². The topological polar surface area (TPSA) is 98.3 Å². The fourth-order valence-electron chi connectivity index (χ4n) is 3.46. The molecule has 0 aliphatic carbocycles. The average Bonchev–Trinajstić information content (AvgIpc) is 3.42. The van der Waals surface area contributed by atoms with Gasteiger partial charge in [0.1, 0.15) is 6.54 Å². The molecule has 158 valence electrons. The minimum Gasteiger partial charge on any atom is -0.337 e. The molecule has 8 nitrogen and oxygen atoms in total. The van der Waals surface area contributed by atoms with Crippen LogP contribution in [-0.4, -0.2) is 40.5 Å². The highest BCUT2D eigenvalue weighted by molar-refractivity contribution is 7.89. The van der Waals surface area contributed by atoms with Crippen molar-refractivity contribution >= 4 is 10.0 Å². The molecule has 0 radical (unpaired) electrons. The van der Waals surface area contributed by atoms with Crippen molar-refractivity contribution in [1.82, 2.24) is 19.0 Å². The van der Waals surface area contributed by atoms with Crippen LogP contribution in [0.2, 0.25) is 0 Å². The zero-order valence-corrected chi connectivity index (χ0v) is 17.8. The largest absolute Gasteiger partial charge is 0.337 e. The number of sulfonamides is 1. The maximum atomic E-state index is 12.8. The molecule has 9 heteroatoms. The first-order chi connectivity index (χ1) is 14.3. The normalized spacial score (nSPS) is 15.2. The average molecular weight is 429 g/mol. The van der Waals surface area contributed by atoms with Crippen molar-refractivity contribution in [3.63, 3.8) is 0 Å². The number of hydrogen-bond donors (Lipinski definition) is 0. The molecule has 0 atom stereocenters. The third-order valence-corrected chi connectivity index (χ3v) is 7.15. The number of benzene rings is 1. The van der Waals surface area contributed by atoms with E-state index in [1.807, 2.05) is 24.3 Å². The maximum absolute atomic E-state index is 12.8. The summed E-state index contributed by atoms with van der Waals surface area (Å²) < 4.78 is 33.6. The third kappa shape index (κ3) is 4.08. The first kappa shape index (κ1) is 20.5. The molecule has 0 bridgehead atoms. The van der Waals surface area contributed by atoms with Crippen LogP contribution in [0.5, 0.6) is 0 Å². The number of nitrogens with zero attached hydrogens (tertiary/aromatic N) is 4. The Bertz CT molecular complexity index is 1190. The fourth-order valence-corrected chi connectivity index (χ4v) is 5.00. The molecule has 0 spiro atoms. The monoisotopic (exact) mass is 428 g/mol. The number of hydrogen-bond acceptors (Lipinski definition) is 6. The lowest BCUT2D eigenvalue weighted by Gasteiger charge is -2.16. The zero-order chi connectivity index (χ0) is 21.3. The van der Waals surface area contributed by atoms with E-state index in [1.54, 1.807) is 0 Å². The van der Waals surface area contributed by atoms with Crippen LogP contribution < -0.4 is 5.56 Å². The first-order valence-electron chi connectivity index (χ1n) is 9.98. The molecule has 4 rings (SSSR count). The van der Waals surface area contributed by atoms with Gasteiger partial charge in [0.15, 0.2) is 0 Å². The van der Waals surface area contributed by atoms with Crippen molar-refractivity contribution in [2.45, 2.75) is 44.0 Å². The molecule has 3 aromatic rings. The van der Waals surface area contributed by atoms with Crippen molar-refractivity contribution in [2.75, 3.05) is 13.1 Å². The predicted molar refractivity (Wildman–Crippen MR) is 112 cm³/mol. The van der Waals surface area contributed by atoms with E-state index in [1.165, 1.54) is 32.8 Å². The van der Waals surface area contributed by atoms with Crippen LogP contribution in [0.3, 0.4) is 0 Å². The zero-order valence-electron chi connectivity index (χ0n) is 17.0. The summed E-state index contributed by atoms with van der Waals surface area (Å²) in [5.74, 6) is 1.08. The molecule has 0 N–H and O–H groups in total. The predicted octanol–water partition coefficient (Wildman–Crippen LogP) is 2.85. The standard InChI is InChI=1S/C21H24N4O4S/c1-15(2)16-5-7-17(8-6-16)21-22-19(29-23-21)14-24-13-18(9-10-20(24)26)30(27,28)25-11-3-4-12-25/h5-10,13,15H,3-4,11-12,14H2,1-2H3. The van der Waals surface area contributed by atoms with Crippen molar-refractivity contribution in [3.05, 3.63) is 64.4 Å². The summed E-state index contributed by atoms with van der Waals surface area (Å²) in [4.78, 5) is 16.7. The molecular weight excluding hydrogens is 404 g/mol. The smallest absolute Gasteiger partial charge is 0.251 e. The molecule has 1 aliphatic rings. The third-order valence-electron chi connectivity index (χ3n) is 5.27. The van der Waals surface area contributed by atoms with E-state index < -0.39 is 10.0 Å². The van der Waals surface area contributed by atoms with Gasteiger partial charge in [0, 0.05) is 30.9 Å². The van der Waals surface area contributed by atoms with Gasteiger partial charge in [-0.2, -0.15) is 9.29 Å². The minimum atomic E-state index is -3.61. The SMILES string of the molecule is CC(C)c1ccc(-c2noc(Cn3cc(S(=O)(=O)N4CCCC4)ccc3=O)n2)cc1. The summed E-state index contributed by atoms with van der Waals surface area (Å²) in [5, 5.41) is 3.99.